The Morgan fingerprint density at radius 3 is 2.91 bits per heavy atom. The molecule has 1 aromatic carbocycles. The average Bonchev–Trinajstić information content (AvgIpc) is 3.00. The summed E-state index contributed by atoms with van der Waals surface area (Å²) in [4.78, 5) is 21.5. The highest BCUT2D eigenvalue weighted by atomic mass is 32.1. The van der Waals surface area contributed by atoms with Gasteiger partial charge >= 0.3 is 5.97 Å². The second-order valence-corrected chi connectivity index (χ2v) is 6.55. The zero-order valence-corrected chi connectivity index (χ0v) is 13.6. The number of fused-ring (bicyclic) bond motifs is 1. The summed E-state index contributed by atoms with van der Waals surface area (Å²) < 4.78 is 7.32. The van der Waals surface area contributed by atoms with Gasteiger partial charge in [-0.15, -0.1) is 11.3 Å². The normalized spacial score (nSPS) is 11.0. The highest BCUT2D eigenvalue weighted by Gasteiger charge is 2.11. The molecule has 0 saturated carbocycles. The maximum atomic E-state index is 12.0. The van der Waals surface area contributed by atoms with Gasteiger partial charge in [0.2, 0.25) is 0 Å². The third-order valence-electron chi connectivity index (χ3n) is 3.49. The Morgan fingerprint density at radius 1 is 1.36 bits per heavy atom. The van der Waals surface area contributed by atoms with Crippen molar-refractivity contribution in [3.05, 3.63) is 45.7 Å². The topological polar surface area (TPSA) is 57.0 Å². The fourth-order valence-corrected chi connectivity index (χ4v) is 3.28. The molecule has 0 bridgehead atoms. The average molecular weight is 315 g/mol. The van der Waals surface area contributed by atoms with E-state index in [4.69, 9.17) is 4.74 Å². The quantitative estimate of drug-likeness (QED) is 0.695. The van der Waals surface area contributed by atoms with E-state index >= 15 is 0 Å². The number of aryl methyl sites for hydroxylation is 3. The van der Waals surface area contributed by atoms with E-state index in [1.807, 2.05) is 43.7 Å². The van der Waals surface area contributed by atoms with Crippen molar-refractivity contribution in [2.24, 2.45) is 7.05 Å². The van der Waals surface area contributed by atoms with Crippen LogP contribution in [0.3, 0.4) is 0 Å². The van der Waals surface area contributed by atoms with E-state index < -0.39 is 0 Å². The summed E-state index contributed by atoms with van der Waals surface area (Å²) in [6.45, 7) is 4.12. The van der Waals surface area contributed by atoms with Crippen molar-refractivity contribution in [3.8, 4) is 0 Å². The van der Waals surface area contributed by atoms with Crippen molar-refractivity contribution in [2.45, 2.75) is 26.9 Å². The lowest BCUT2D eigenvalue weighted by Gasteiger charge is -2.05. The van der Waals surface area contributed by atoms with Crippen LogP contribution in [0.5, 0.6) is 0 Å². The van der Waals surface area contributed by atoms with Gasteiger partial charge in [0.05, 0.1) is 34.5 Å². The molecule has 114 valence electrons. The molecule has 5 nitrogen and oxygen atoms in total. The summed E-state index contributed by atoms with van der Waals surface area (Å²) in [5.41, 5.74) is 3.82. The van der Waals surface area contributed by atoms with Gasteiger partial charge in [0.1, 0.15) is 6.61 Å². The lowest BCUT2D eigenvalue weighted by Crippen LogP contribution is -2.07. The van der Waals surface area contributed by atoms with E-state index in [1.165, 1.54) is 0 Å². The minimum Gasteiger partial charge on any atom is -0.461 e. The lowest BCUT2D eigenvalue weighted by atomic mass is 10.2. The summed E-state index contributed by atoms with van der Waals surface area (Å²) >= 11 is 1.54. The highest BCUT2D eigenvalue weighted by Crippen LogP contribution is 2.19. The molecule has 0 fully saturated rings. The number of ether oxygens (including phenoxy) is 1. The summed E-state index contributed by atoms with van der Waals surface area (Å²) in [6.07, 6.45) is 2.05. The van der Waals surface area contributed by atoms with Crippen LogP contribution in [-0.2, 0) is 29.6 Å². The predicted octanol–water partition coefficient (Wildman–Crippen LogP) is 2.93. The maximum Gasteiger partial charge on any atom is 0.311 e. The molecule has 0 atom stereocenters. The number of hydrogen-bond acceptors (Lipinski definition) is 5. The van der Waals surface area contributed by atoms with Crippen LogP contribution in [0.15, 0.2) is 24.5 Å². The van der Waals surface area contributed by atoms with Crippen LogP contribution in [0.4, 0.5) is 0 Å². The monoisotopic (exact) mass is 315 g/mol. The van der Waals surface area contributed by atoms with Crippen LogP contribution in [0.25, 0.3) is 11.0 Å². The standard InChI is InChI=1S/C16H17N3O2S/c1-10-15(22-11(2)18-10)7-16(20)21-8-12-4-5-14-13(6-12)17-9-19(14)3/h4-6,9H,7-8H2,1-3H3. The Kier molecular flexibility index (Phi) is 3.94. The predicted molar refractivity (Wildman–Crippen MR) is 85.8 cm³/mol. The molecule has 3 rings (SSSR count). The Labute approximate surface area is 132 Å². The third-order valence-corrected chi connectivity index (χ3v) is 4.57. The Hall–Kier alpha value is -2.21. The van der Waals surface area contributed by atoms with Crippen LogP contribution in [0.2, 0.25) is 0 Å². The second-order valence-electron chi connectivity index (χ2n) is 5.26. The number of carbonyl (C=O) groups is 1. The number of aromatic nitrogens is 3. The molecule has 0 N–H and O–H groups in total. The molecule has 2 heterocycles. The fraction of sp³-hybridized carbons (Fsp3) is 0.312. The molecule has 0 amide bonds. The van der Waals surface area contributed by atoms with Crippen LogP contribution in [-0.4, -0.2) is 20.5 Å². The van der Waals surface area contributed by atoms with Crippen molar-refractivity contribution in [2.75, 3.05) is 0 Å². The Balaban J connectivity index is 1.63. The molecule has 0 spiro atoms. The van der Waals surface area contributed by atoms with E-state index in [9.17, 15) is 4.79 Å². The van der Waals surface area contributed by atoms with E-state index in [-0.39, 0.29) is 19.0 Å². The molecule has 0 saturated heterocycles. The first kappa shape index (κ1) is 14.7. The summed E-state index contributed by atoms with van der Waals surface area (Å²) in [7, 11) is 1.95. The molecular formula is C16H17N3O2S. The molecule has 0 aliphatic carbocycles. The summed E-state index contributed by atoms with van der Waals surface area (Å²) in [5, 5.41) is 0.973. The van der Waals surface area contributed by atoms with Gasteiger partial charge in [0.25, 0.3) is 0 Å². The molecule has 0 aliphatic heterocycles. The maximum absolute atomic E-state index is 12.0. The second kappa shape index (κ2) is 5.88. The molecular weight excluding hydrogens is 298 g/mol. The van der Waals surface area contributed by atoms with E-state index in [1.54, 1.807) is 17.7 Å². The number of benzene rings is 1. The van der Waals surface area contributed by atoms with Gasteiger partial charge in [-0.3, -0.25) is 4.79 Å². The highest BCUT2D eigenvalue weighted by molar-refractivity contribution is 7.11. The van der Waals surface area contributed by atoms with Crippen molar-refractivity contribution in [3.63, 3.8) is 0 Å². The van der Waals surface area contributed by atoms with Crippen molar-refractivity contribution >= 4 is 28.3 Å². The van der Waals surface area contributed by atoms with Crippen LogP contribution in [0, 0.1) is 13.8 Å². The van der Waals surface area contributed by atoms with Gasteiger partial charge in [0.15, 0.2) is 0 Å². The van der Waals surface area contributed by atoms with Gasteiger partial charge < -0.3 is 9.30 Å². The number of carbonyl (C=O) groups excluding carboxylic acids is 1. The lowest BCUT2D eigenvalue weighted by molar-refractivity contribution is -0.144. The van der Waals surface area contributed by atoms with E-state index in [0.29, 0.717) is 0 Å². The van der Waals surface area contributed by atoms with Crippen LogP contribution < -0.4 is 0 Å². The molecule has 22 heavy (non-hydrogen) atoms. The van der Waals surface area contributed by atoms with Gasteiger partial charge in [-0.05, 0) is 31.5 Å². The molecule has 3 aromatic rings. The first-order chi connectivity index (χ1) is 10.5. The van der Waals surface area contributed by atoms with Crippen LogP contribution in [0.1, 0.15) is 21.1 Å². The largest absolute Gasteiger partial charge is 0.461 e. The zero-order valence-electron chi connectivity index (χ0n) is 12.8. The number of nitrogens with zero attached hydrogens (tertiary/aromatic N) is 3. The molecule has 2 aromatic heterocycles. The van der Waals surface area contributed by atoms with Crippen molar-refractivity contribution in [1.29, 1.82) is 0 Å². The molecule has 0 radical (unpaired) electrons. The SMILES string of the molecule is Cc1nc(C)c(CC(=O)OCc2ccc3c(c2)ncn3C)s1. The van der Waals surface area contributed by atoms with E-state index in [2.05, 4.69) is 9.97 Å². The first-order valence-electron chi connectivity index (χ1n) is 7.01. The first-order valence-corrected chi connectivity index (χ1v) is 7.83. The Bertz CT molecular complexity index is 835. The number of hydrogen-bond donors (Lipinski definition) is 0. The molecule has 6 heteroatoms. The smallest absolute Gasteiger partial charge is 0.311 e. The van der Waals surface area contributed by atoms with Crippen LogP contribution >= 0.6 is 11.3 Å². The number of imidazole rings is 1. The number of rotatable bonds is 4. The van der Waals surface area contributed by atoms with Gasteiger partial charge in [-0.2, -0.15) is 0 Å². The molecule has 0 unspecified atom stereocenters. The van der Waals surface area contributed by atoms with E-state index in [0.717, 1.165) is 32.2 Å². The van der Waals surface area contributed by atoms with Gasteiger partial charge in [-0.25, -0.2) is 9.97 Å². The van der Waals surface area contributed by atoms with Gasteiger partial charge in [-0.1, -0.05) is 6.07 Å². The summed E-state index contributed by atoms with van der Waals surface area (Å²) in [5.74, 6) is -0.229. The van der Waals surface area contributed by atoms with Crippen molar-refractivity contribution in [1.82, 2.24) is 14.5 Å². The third kappa shape index (κ3) is 3.01. The number of thiazole rings is 1. The minimum atomic E-state index is -0.229. The molecule has 0 aliphatic rings. The minimum absolute atomic E-state index is 0.229. The van der Waals surface area contributed by atoms with Gasteiger partial charge in [0, 0.05) is 11.9 Å². The zero-order chi connectivity index (χ0) is 15.7. The fourth-order valence-electron chi connectivity index (χ4n) is 2.35. The van der Waals surface area contributed by atoms with Crippen molar-refractivity contribution < 1.29 is 9.53 Å². The number of esters is 1. The Morgan fingerprint density at radius 2 is 2.18 bits per heavy atom. The summed E-state index contributed by atoms with van der Waals surface area (Å²) in [6, 6.07) is 5.90.